The highest BCUT2D eigenvalue weighted by molar-refractivity contribution is 5.71. The van der Waals surface area contributed by atoms with Crippen molar-refractivity contribution in [3.8, 4) is 0 Å². The highest BCUT2D eigenvalue weighted by Gasteiger charge is 2.11. The Bertz CT molecular complexity index is 426. The molecule has 0 saturated heterocycles. The third-order valence-electron chi connectivity index (χ3n) is 3.36. The minimum absolute atomic E-state index is 0.00207. The van der Waals surface area contributed by atoms with Crippen molar-refractivity contribution in [3.63, 3.8) is 0 Å². The van der Waals surface area contributed by atoms with Crippen molar-refractivity contribution in [2.75, 3.05) is 6.61 Å². The molecule has 0 saturated carbocycles. The molecule has 0 heterocycles. The van der Waals surface area contributed by atoms with E-state index in [2.05, 4.69) is 6.92 Å². The zero-order chi connectivity index (χ0) is 16.0. The molecule has 0 bridgehead atoms. The van der Waals surface area contributed by atoms with Crippen LogP contribution in [0.15, 0.2) is 42.5 Å². The zero-order valence-electron chi connectivity index (χ0n) is 13.8. The summed E-state index contributed by atoms with van der Waals surface area (Å²) in [6.45, 7) is 4.56. The first-order chi connectivity index (χ1) is 10.8. The lowest BCUT2D eigenvalue weighted by Crippen LogP contribution is -2.20. The van der Waals surface area contributed by atoms with Gasteiger partial charge >= 0.3 is 5.97 Å². The molecule has 0 spiro atoms. The maximum atomic E-state index is 11.8. The van der Waals surface area contributed by atoms with Crippen molar-refractivity contribution >= 4 is 5.97 Å². The smallest absolute Gasteiger partial charge is 0.332 e. The van der Waals surface area contributed by atoms with Crippen LogP contribution in [-0.2, 0) is 20.9 Å². The molecule has 0 radical (unpaired) electrons. The third-order valence-corrected chi connectivity index (χ3v) is 3.36. The molecule has 0 aliphatic carbocycles. The molecule has 1 aromatic carbocycles. The Morgan fingerprint density at radius 2 is 1.95 bits per heavy atom. The van der Waals surface area contributed by atoms with Gasteiger partial charge in [0.2, 0.25) is 0 Å². The lowest BCUT2D eigenvalue weighted by atomic mass is 10.1. The van der Waals surface area contributed by atoms with E-state index in [1.807, 2.05) is 49.4 Å². The molecule has 0 fully saturated rings. The fourth-order valence-electron chi connectivity index (χ4n) is 2.21. The van der Waals surface area contributed by atoms with Gasteiger partial charge in [-0.25, -0.2) is 4.79 Å². The molecule has 0 amide bonds. The standard InChI is InChI=1S/C19H28O3/c1-3-5-6-10-14-18(11-4-2)22-19(20)16-21-15-17-12-8-7-9-13-17/h4,7-9,11-13,18H,3,5-6,10,14-16H2,1-2H3/b11-4-. The molecular weight excluding hydrogens is 276 g/mol. The van der Waals surface area contributed by atoms with Gasteiger partial charge in [0.05, 0.1) is 6.61 Å². The normalized spacial score (nSPS) is 12.5. The lowest BCUT2D eigenvalue weighted by molar-refractivity contribution is -0.153. The van der Waals surface area contributed by atoms with Gasteiger partial charge in [-0.2, -0.15) is 0 Å². The van der Waals surface area contributed by atoms with Crippen molar-refractivity contribution in [1.82, 2.24) is 0 Å². The molecule has 1 atom stereocenters. The van der Waals surface area contributed by atoms with E-state index in [1.165, 1.54) is 19.3 Å². The Labute approximate surface area is 134 Å². The lowest BCUT2D eigenvalue weighted by Gasteiger charge is -2.14. The quantitative estimate of drug-likeness (QED) is 0.339. The summed E-state index contributed by atoms with van der Waals surface area (Å²) in [5.41, 5.74) is 1.06. The van der Waals surface area contributed by atoms with Crippen molar-refractivity contribution < 1.29 is 14.3 Å². The second-order valence-corrected chi connectivity index (χ2v) is 5.38. The molecule has 0 aliphatic heterocycles. The van der Waals surface area contributed by atoms with Crippen LogP contribution in [0.2, 0.25) is 0 Å². The van der Waals surface area contributed by atoms with Crippen molar-refractivity contribution in [2.24, 2.45) is 0 Å². The van der Waals surface area contributed by atoms with Gasteiger partial charge in [0, 0.05) is 0 Å². The summed E-state index contributed by atoms with van der Waals surface area (Å²) in [5, 5.41) is 0. The van der Waals surface area contributed by atoms with Gasteiger partial charge in [-0.3, -0.25) is 0 Å². The van der Waals surface area contributed by atoms with Gasteiger partial charge < -0.3 is 9.47 Å². The first-order valence-corrected chi connectivity index (χ1v) is 8.20. The maximum absolute atomic E-state index is 11.8. The van der Waals surface area contributed by atoms with Crippen molar-refractivity contribution in [2.45, 2.75) is 58.7 Å². The molecule has 1 rings (SSSR count). The average Bonchev–Trinajstić information content (AvgIpc) is 2.53. The SMILES string of the molecule is C/C=C\C(CCCCCC)OC(=O)COCc1ccccc1. The molecule has 3 heteroatoms. The van der Waals surface area contributed by atoms with E-state index in [1.54, 1.807) is 0 Å². The number of unbranched alkanes of at least 4 members (excludes halogenated alkanes) is 3. The zero-order valence-corrected chi connectivity index (χ0v) is 13.8. The van der Waals surface area contributed by atoms with E-state index in [0.29, 0.717) is 6.61 Å². The number of carbonyl (C=O) groups excluding carboxylic acids is 1. The van der Waals surface area contributed by atoms with E-state index >= 15 is 0 Å². The Kier molecular flexibility index (Phi) is 10.0. The van der Waals surface area contributed by atoms with E-state index in [0.717, 1.165) is 18.4 Å². The molecule has 1 aromatic rings. The fraction of sp³-hybridized carbons (Fsp3) is 0.526. The molecule has 0 aliphatic rings. The summed E-state index contributed by atoms with van der Waals surface area (Å²) < 4.78 is 10.9. The van der Waals surface area contributed by atoms with E-state index < -0.39 is 0 Å². The minimum Gasteiger partial charge on any atom is -0.456 e. The van der Waals surface area contributed by atoms with Gasteiger partial charge in [-0.1, -0.05) is 62.6 Å². The van der Waals surface area contributed by atoms with Gasteiger partial charge in [0.25, 0.3) is 0 Å². The van der Waals surface area contributed by atoms with Crippen LogP contribution in [0.1, 0.15) is 51.5 Å². The molecule has 122 valence electrons. The number of carbonyl (C=O) groups is 1. The number of benzene rings is 1. The Balaban J connectivity index is 2.24. The first-order valence-electron chi connectivity index (χ1n) is 8.20. The van der Waals surface area contributed by atoms with Gasteiger partial charge in [-0.15, -0.1) is 0 Å². The van der Waals surface area contributed by atoms with Crippen LogP contribution in [-0.4, -0.2) is 18.7 Å². The summed E-state index contributed by atoms with van der Waals surface area (Å²) in [6, 6.07) is 9.81. The molecule has 1 unspecified atom stereocenters. The van der Waals surface area contributed by atoms with Crippen LogP contribution in [0.5, 0.6) is 0 Å². The number of esters is 1. The number of allylic oxidation sites excluding steroid dienone is 1. The summed E-state index contributed by atoms with van der Waals surface area (Å²) in [5.74, 6) is -0.297. The maximum Gasteiger partial charge on any atom is 0.332 e. The minimum atomic E-state index is -0.297. The highest BCUT2D eigenvalue weighted by Crippen LogP contribution is 2.10. The second-order valence-electron chi connectivity index (χ2n) is 5.38. The van der Waals surface area contributed by atoms with Crippen LogP contribution in [0.25, 0.3) is 0 Å². The molecule has 0 aromatic heterocycles. The fourth-order valence-corrected chi connectivity index (χ4v) is 2.21. The van der Waals surface area contributed by atoms with E-state index in [9.17, 15) is 4.79 Å². The summed E-state index contributed by atoms with van der Waals surface area (Å²) in [4.78, 5) is 11.8. The highest BCUT2D eigenvalue weighted by atomic mass is 16.6. The second kappa shape index (κ2) is 12.0. The van der Waals surface area contributed by atoms with Crippen LogP contribution in [0, 0.1) is 0 Å². The summed E-state index contributed by atoms with van der Waals surface area (Å²) in [6.07, 6.45) is 9.35. The molecule has 0 N–H and O–H groups in total. The summed E-state index contributed by atoms with van der Waals surface area (Å²) >= 11 is 0. The Hall–Kier alpha value is -1.61. The topological polar surface area (TPSA) is 35.5 Å². The number of rotatable bonds is 11. The average molecular weight is 304 g/mol. The van der Waals surface area contributed by atoms with Crippen LogP contribution in [0.3, 0.4) is 0 Å². The van der Waals surface area contributed by atoms with Crippen LogP contribution >= 0.6 is 0 Å². The number of hydrogen-bond acceptors (Lipinski definition) is 3. The Morgan fingerprint density at radius 3 is 2.64 bits per heavy atom. The predicted octanol–water partition coefficient (Wildman–Crippen LogP) is 4.66. The van der Waals surface area contributed by atoms with Crippen molar-refractivity contribution in [3.05, 3.63) is 48.0 Å². The van der Waals surface area contributed by atoms with E-state index in [4.69, 9.17) is 9.47 Å². The Morgan fingerprint density at radius 1 is 1.18 bits per heavy atom. The number of ether oxygens (including phenoxy) is 2. The predicted molar refractivity (Wildman–Crippen MR) is 89.6 cm³/mol. The number of hydrogen-bond donors (Lipinski definition) is 0. The van der Waals surface area contributed by atoms with Crippen LogP contribution in [0.4, 0.5) is 0 Å². The van der Waals surface area contributed by atoms with E-state index in [-0.39, 0.29) is 18.7 Å². The van der Waals surface area contributed by atoms with Crippen molar-refractivity contribution in [1.29, 1.82) is 0 Å². The summed E-state index contributed by atoms with van der Waals surface area (Å²) in [7, 11) is 0. The molecular formula is C19H28O3. The molecule has 3 nitrogen and oxygen atoms in total. The third kappa shape index (κ3) is 8.63. The van der Waals surface area contributed by atoms with Gasteiger partial charge in [0.1, 0.15) is 12.7 Å². The largest absolute Gasteiger partial charge is 0.456 e. The van der Waals surface area contributed by atoms with Gasteiger partial charge in [-0.05, 0) is 31.4 Å². The monoisotopic (exact) mass is 304 g/mol. The van der Waals surface area contributed by atoms with Gasteiger partial charge in [0.15, 0.2) is 0 Å². The molecule has 22 heavy (non-hydrogen) atoms. The van der Waals surface area contributed by atoms with Crippen LogP contribution < -0.4 is 0 Å². The first kappa shape index (κ1) is 18.4.